The fourth-order valence-corrected chi connectivity index (χ4v) is 1.68. The van der Waals surface area contributed by atoms with Crippen LogP contribution in [0.15, 0.2) is 24.5 Å². The number of carbonyl (C=O) groups excluding carboxylic acids is 1. The van der Waals surface area contributed by atoms with Crippen molar-refractivity contribution >= 4 is 5.91 Å². The van der Waals surface area contributed by atoms with E-state index < -0.39 is 0 Å². The molecule has 6 nitrogen and oxygen atoms in total. The number of aromatic nitrogens is 4. The molecule has 1 aliphatic carbocycles. The molecule has 1 fully saturated rings. The molecule has 0 bridgehead atoms. The van der Waals surface area contributed by atoms with Crippen LogP contribution in [0.25, 0.3) is 0 Å². The van der Waals surface area contributed by atoms with Crippen molar-refractivity contribution < 1.29 is 4.79 Å². The number of H-pyrrole nitrogens is 1. The zero-order chi connectivity index (χ0) is 12.4. The molecular formula is C12H13N5O. The minimum Gasteiger partial charge on any atom is -0.345 e. The number of rotatable bonds is 4. The molecule has 2 aromatic rings. The van der Waals surface area contributed by atoms with Gasteiger partial charge < -0.3 is 5.32 Å². The second kappa shape index (κ2) is 4.56. The molecule has 18 heavy (non-hydrogen) atoms. The SMILES string of the molecule is O=C(NCc1cccnc1)c1n[nH]c(C2CC2)n1. The maximum absolute atomic E-state index is 11.8. The lowest BCUT2D eigenvalue weighted by Gasteiger charge is -2.01. The van der Waals surface area contributed by atoms with Crippen LogP contribution in [0.3, 0.4) is 0 Å². The Labute approximate surface area is 104 Å². The molecule has 0 saturated heterocycles. The summed E-state index contributed by atoms with van der Waals surface area (Å²) < 4.78 is 0. The Bertz CT molecular complexity index is 547. The van der Waals surface area contributed by atoms with Gasteiger partial charge in [-0.2, -0.15) is 0 Å². The summed E-state index contributed by atoms with van der Waals surface area (Å²) in [5, 5.41) is 9.50. The molecule has 0 atom stereocenters. The second-order valence-corrected chi connectivity index (χ2v) is 4.36. The Kier molecular flexibility index (Phi) is 2.76. The largest absolute Gasteiger partial charge is 0.345 e. The predicted molar refractivity (Wildman–Crippen MR) is 63.8 cm³/mol. The quantitative estimate of drug-likeness (QED) is 0.839. The van der Waals surface area contributed by atoms with E-state index in [1.165, 1.54) is 0 Å². The lowest BCUT2D eigenvalue weighted by atomic mass is 10.3. The highest BCUT2D eigenvalue weighted by Gasteiger charge is 2.28. The van der Waals surface area contributed by atoms with Crippen molar-refractivity contribution in [1.29, 1.82) is 0 Å². The molecule has 2 N–H and O–H groups in total. The number of pyridine rings is 1. The minimum atomic E-state index is -0.262. The maximum atomic E-state index is 11.8. The predicted octanol–water partition coefficient (Wildman–Crippen LogP) is 1.01. The summed E-state index contributed by atoms with van der Waals surface area (Å²) in [5.41, 5.74) is 0.948. The third-order valence-corrected chi connectivity index (χ3v) is 2.85. The molecule has 1 aliphatic rings. The van der Waals surface area contributed by atoms with Crippen molar-refractivity contribution in [2.45, 2.75) is 25.3 Å². The van der Waals surface area contributed by atoms with E-state index in [0.29, 0.717) is 12.5 Å². The van der Waals surface area contributed by atoms with Crippen LogP contribution in [0.5, 0.6) is 0 Å². The van der Waals surface area contributed by atoms with Crippen LogP contribution in [-0.4, -0.2) is 26.1 Å². The molecule has 0 radical (unpaired) electrons. The Morgan fingerprint density at radius 3 is 3.11 bits per heavy atom. The van der Waals surface area contributed by atoms with Crippen molar-refractivity contribution in [3.8, 4) is 0 Å². The fourth-order valence-electron chi connectivity index (χ4n) is 1.68. The molecule has 0 unspecified atom stereocenters. The van der Waals surface area contributed by atoms with Gasteiger partial charge >= 0.3 is 0 Å². The average molecular weight is 243 g/mol. The number of amides is 1. The molecule has 2 aromatic heterocycles. The van der Waals surface area contributed by atoms with Gasteiger partial charge in [0.2, 0.25) is 5.82 Å². The van der Waals surface area contributed by atoms with Crippen molar-refractivity contribution in [2.75, 3.05) is 0 Å². The van der Waals surface area contributed by atoms with Gasteiger partial charge in [-0.25, -0.2) is 4.98 Å². The van der Waals surface area contributed by atoms with Crippen LogP contribution >= 0.6 is 0 Å². The molecule has 0 aromatic carbocycles. The van der Waals surface area contributed by atoms with E-state index in [1.807, 2.05) is 12.1 Å². The molecule has 2 heterocycles. The van der Waals surface area contributed by atoms with E-state index in [-0.39, 0.29) is 11.7 Å². The van der Waals surface area contributed by atoms with Crippen LogP contribution in [0.4, 0.5) is 0 Å². The molecule has 1 amide bonds. The number of hydrogen-bond acceptors (Lipinski definition) is 4. The molecule has 1 saturated carbocycles. The third kappa shape index (κ3) is 2.37. The zero-order valence-corrected chi connectivity index (χ0v) is 9.76. The van der Waals surface area contributed by atoms with Gasteiger partial charge in [-0.05, 0) is 24.5 Å². The van der Waals surface area contributed by atoms with Gasteiger partial charge in [-0.1, -0.05) is 6.07 Å². The van der Waals surface area contributed by atoms with Gasteiger partial charge in [0.05, 0.1) is 0 Å². The van der Waals surface area contributed by atoms with Crippen LogP contribution in [0, 0.1) is 0 Å². The molecule has 0 spiro atoms. The summed E-state index contributed by atoms with van der Waals surface area (Å²) in [6.07, 6.45) is 5.67. The Morgan fingerprint density at radius 1 is 1.50 bits per heavy atom. The highest BCUT2D eigenvalue weighted by Crippen LogP contribution is 2.37. The standard InChI is InChI=1S/C12H13N5O/c18-12(14-7-8-2-1-5-13-6-8)11-15-10(16-17-11)9-3-4-9/h1-2,5-6,9H,3-4,7H2,(H,14,18)(H,15,16,17). The lowest BCUT2D eigenvalue weighted by Crippen LogP contribution is -2.24. The minimum absolute atomic E-state index is 0.209. The average Bonchev–Trinajstić information content (AvgIpc) is 3.15. The first kappa shape index (κ1) is 10.9. The highest BCUT2D eigenvalue weighted by atomic mass is 16.2. The van der Waals surface area contributed by atoms with Crippen LogP contribution < -0.4 is 5.32 Å². The highest BCUT2D eigenvalue weighted by molar-refractivity contribution is 5.90. The number of nitrogens with zero attached hydrogens (tertiary/aromatic N) is 3. The smallest absolute Gasteiger partial charge is 0.291 e. The van der Waals surface area contributed by atoms with Gasteiger partial charge in [0.25, 0.3) is 5.91 Å². The van der Waals surface area contributed by atoms with Crippen molar-refractivity contribution in [3.05, 3.63) is 41.7 Å². The summed E-state index contributed by atoms with van der Waals surface area (Å²) in [5.74, 6) is 1.24. The molecular weight excluding hydrogens is 230 g/mol. The molecule has 3 rings (SSSR count). The Morgan fingerprint density at radius 2 is 2.39 bits per heavy atom. The zero-order valence-electron chi connectivity index (χ0n) is 9.76. The number of nitrogens with one attached hydrogen (secondary N) is 2. The lowest BCUT2D eigenvalue weighted by molar-refractivity contribution is 0.0941. The van der Waals surface area contributed by atoms with E-state index in [2.05, 4.69) is 25.5 Å². The monoisotopic (exact) mass is 243 g/mol. The van der Waals surface area contributed by atoms with Crippen molar-refractivity contribution in [3.63, 3.8) is 0 Å². The third-order valence-electron chi connectivity index (χ3n) is 2.85. The van der Waals surface area contributed by atoms with E-state index in [4.69, 9.17) is 0 Å². The van der Waals surface area contributed by atoms with Crippen LogP contribution in [0.2, 0.25) is 0 Å². The number of aromatic amines is 1. The summed E-state index contributed by atoms with van der Waals surface area (Å²) in [4.78, 5) is 20.0. The van der Waals surface area contributed by atoms with E-state index in [0.717, 1.165) is 24.2 Å². The second-order valence-electron chi connectivity index (χ2n) is 4.36. The molecule has 92 valence electrons. The Balaban J connectivity index is 1.60. The first-order chi connectivity index (χ1) is 8.83. The number of hydrogen-bond donors (Lipinski definition) is 2. The first-order valence-corrected chi connectivity index (χ1v) is 5.92. The van der Waals surface area contributed by atoms with E-state index in [9.17, 15) is 4.79 Å². The molecule has 6 heteroatoms. The topological polar surface area (TPSA) is 83.6 Å². The fraction of sp³-hybridized carbons (Fsp3) is 0.333. The summed E-state index contributed by atoms with van der Waals surface area (Å²) in [6.45, 7) is 0.431. The molecule has 0 aliphatic heterocycles. The first-order valence-electron chi connectivity index (χ1n) is 5.92. The van der Waals surface area contributed by atoms with E-state index in [1.54, 1.807) is 12.4 Å². The number of carbonyl (C=O) groups is 1. The van der Waals surface area contributed by atoms with Crippen molar-refractivity contribution in [2.24, 2.45) is 0 Å². The van der Waals surface area contributed by atoms with Crippen molar-refractivity contribution in [1.82, 2.24) is 25.5 Å². The van der Waals surface area contributed by atoms with Gasteiger partial charge in [0.1, 0.15) is 5.82 Å². The summed E-state index contributed by atoms with van der Waals surface area (Å²) in [7, 11) is 0. The van der Waals surface area contributed by atoms with Gasteiger partial charge in [0, 0.05) is 24.9 Å². The normalized spacial score (nSPS) is 14.4. The van der Waals surface area contributed by atoms with Crippen LogP contribution in [0.1, 0.15) is 40.8 Å². The van der Waals surface area contributed by atoms with E-state index >= 15 is 0 Å². The van der Waals surface area contributed by atoms with Crippen LogP contribution in [-0.2, 0) is 6.54 Å². The summed E-state index contributed by atoms with van der Waals surface area (Å²) in [6, 6.07) is 3.74. The van der Waals surface area contributed by atoms with Gasteiger partial charge in [0.15, 0.2) is 0 Å². The van der Waals surface area contributed by atoms with Gasteiger partial charge in [-0.15, -0.1) is 5.10 Å². The van der Waals surface area contributed by atoms with Gasteiger partial charge in [-0.3, -0.25) is 14.9 Å². The Hall–Kier alpha value is -2.24. The maximum Gasteiger partial charge on any atom is 0.291 e. The summed E-state index contributed by atoms with van der Waals surface area (Å²) >= 11 is 0.